The molecule has 0 aliphatic carbocycles. The van der Waals surface area contributed by atoms with Crippen LogP contribution in [-0.4, -0.2) is 72.7 Å². The Bertz CT molecular complexity index is 1480. The molecule has 208 valence electrons. The average molecular weight is 573 g/mol. The zero-order valence-electron chi connectivity index (χ0n) is 22.1. The van der Waals surface area contributed by atoms with Crippen molar-refractivity contribution in [2.24, 2.45) is 4.99 Å². The maximum atomic E-state index is 12.2. The van der Waals surface area contributed by atoms with Gasteiger partial charge in [0.1, 0.15) is 28.4 Å². The predicted molar refractivity (Wildman–Crippen MR) is 151 cm³/mol. The summed E-state index contributed by atoms with van der Waals surface area (Å²) in [5, 5.41) is 4.76. The van der Waals surface area contributed by atoms with Gasteiger partial charge < -0.3 is 24.5 Å². The summed E-state index contributed by atoms with van der Waals surface area (Å²) in [7, 11) is -3.40. The predicted octanol–water partition coefficient (Wildman–Crippen LogP) is 4.09. The highest BCUT2D eigenvalue weighted by atomic mass is 32.2. The van der Waals surface area contributed by atoms with E-state index in [9.17, 15) is 13.2 Å². The SMILES string of the molecule is CC(C)NC(=O)CC1CN=C(c2cc3cc(Oc4ccc(S(C)(=O)=O)nc4)cc(OC4CCOCC4)c3[nH]2)S1. The lowest BCUT2D eigenvalue weighted by Gasteiger charge is -2.24. The first kappa shape index (κ1) is 27.5. The summed E-state index contributed by atoms with van der Waals surface area (Å²) < 4.78 is 41.4. The smallest absolute Gasteiger partial charge is 0.221 e. The molecule has 0 bridgehead atoms. The standard InChI is InChI=1S/C27H32N4O6S2/c1-16(2)30-24(32)13-21-15-29-27(38-21)22-11-17-10-20(36-19-4-5-25(28-14-19)39(3,33)34)12-23(26(17)31-22)37-18-6-8-35-9-7-18/h4-5,10-12,14,16,18,21,31H,6-9,13,15H2,1-3H3,(H,30,32). The quantitative estimate of drug-likeness (QED) is 0.392. The minimum atomic E-state index is -3.40. The van der Waals surface area contributed by atoms with Crippen LogP contribution >= 0.6 is 11.8 Å². The Kier molecular flexibility index (Phi) is 8.15. The summed E-state index contributed by atoms with van der Waals surface area (Å²) >= 11 is 1.60. The number of amides is 1. The molecule has 0 spiro atoms. The molecule has 2 N–H and O–H groups in total. The van der Waals surface area contributed by atoms with Crippen LogP contribution in [0.4, 0.5) is 0 Å². The molecular formula is C27H32N4O6S2. The maximum absolute atomic E-state index is 12.2. The first-order valence-corrected chi connectivity index (χ1v) is 15.7. The number of aliphatic imine (C=N–C) groups is 1. The number of rotatable bonds is 9. The van der Waals surface area contributed by atoms with Crippen LogP contribution in [0.15, 0.2) is 46.5 Å². The van der Waals surface area contributed by atoms with Crippen molar-refractivity contribution in [2.45, 2.75) is 55.5 Å². The third kappa shape index (κ3) is 6.92. The third-order valence-corrected chi connectivity index (χ3v) is 8.49. The lowest BCUT2D eigenvalue weighted by molar-refractivity contribution is -0.121. The van der Waals surface area contributed by atoms with Gasteiger partial charge in [-0.25, -0.2) is 13.4 Å². The summed E-state index contributed by atoms with van der Waals surface area (Å²) in [4.78, 5) is 24.4. The van der Waals surface area contributed by atoms with Gasteiger partial charge >= 0.3 is 0 Å². The van der Waals surface area contributed by atoms with E-state index in [1.165, 1.54) is 12.3 Å². The van der Waals surface area contributed by atoms with Gasteiger partial charge in [-0.2, -0.15) is 0 Å². The van der Waals surface area contributed by atoms with E-state index in [0.29, 0.717) is 43.4 Å². The van der Waals surface area contributed by atoms with E-state index in [4.69, 9.17) is 19.2 Å². The maximum Gasteiger partial charge on any atom is 0.221 e. The summed E-state index contributed by atoms with van der Waals surface area (Å²) in [5.41, 5.74) is 1.69. The van der Waals surface area contributed by atoms with Gasteiger partial charge in [-0.1, -0.05) is 11.8 Å². The van der Waals surface area contributed by atoms with Gasteiger partial charge in [0.2, 0.25) is 5.91 Å². The van der Waals surface area contributed by atoms with Crippen molar-refractivity contribution in [3.63, 3.8) is 0 Å². The number of nitrogens with one attached hydrogen (secondary N) is 2. The molecule has 10 nitrogen and oxygen atoms in total. The number of hydrogen-bond donors (Lipinski definition) is 2. The second-order valence-electron chi connectivity index (χ2n) is 10.0. The molecule has 39 heavy (non-hydrogen) atoms. The Morgan fingerprint density at radius 2 is 2.00 bits per heavy atom. The minimum absolute atomic E-state index is 0.0149. The van der Waals surface area contributed by atoms with E-state index in [2.05, 4.69) is 15.3 Å². The van der Waals surface area contributed by atoms with Gasteiger partial charge in [0.05, 0.1) is 37.2 Å². The fourth-order valence-corrected chi connectivity index (χ4v) is 6.11. The van der Waals surface area contributed by atoms with Crippen molar-refractivity contribution >= 4 is 43.5 Å². The Labute approximate surface area is 231 Å². The molecule has 1 aromatic carbocycles. The van der Waals surface area contributed by atoms with Gasteiger partial charge in [0.15, 0.2) is 14.9 Å². The number of H-pyrrole nitrogens is 1. The zero-order valence-corrected chi connectivity index (χ0v) is 23.7. The van der Waals surface area contributed by atoms with Gasteiger partial charge in [0.25, 0.3) is 0 Å². The van der Waals surface area contributed by atoms with Crippen molar-refractivity contribution in [3.8, 4) is 17.2 Å². The normalized spacial score (nSPS) is 18.4. The highest BCUT2D eigenvalue weighted by molar-refractivity contribution is 8.15. The zero-order chi connectivity index (χ0) is 27.6. The Morgan fingerprint density at radius 3 is 2.69 bits per heavy atom. The van der Waals surface area contributed by atoms with Crippen LogP contribution in [-0.2, 0) is 19.4 Å². The summed E-state index contributed by atoms with van der Waals surface area (Å²) in [6.07, 6.45) is 4.52. The first-order valence-electron chi connectivity index (χ1n) is 12.9. The molecule has 1 fully saturated rings. The van der Waals surface area contributed by atoms with Gasteiger partial charge in [-0.05, 0) is 38.1 Å². The van der Waals surface area contributed by atoms with Gasteiger partial charge in [-0.15, -0.1) is 0 Å². The summed E-state index contributed by atoms with van der Waals surface area (Å²) in [6, 6.07) is 8.83. The lowest BCUT2D eigenvalue weighted by Crippen LogP contribution is -2.32. The highest BCUT2D eigenvalue weighted by Gasteiger charge is 2.26. The van der Waals surface area contributed by atoms with Gasteiger partial charge in [0, 0.05) is 48.3 Å². The molecule has 1 unspecified atom stereocenters. The van der Waals surface area contributed by atoms with Crippen LogP contribution in [0.1, 0.15) is 38.8 Å². The molecule has 5 rings (SSSR count). The molecule has 2 aliphatic rings. The third-order valence-electron chi connectivity index (χ3n) is 6.26. The van der Waals surface area contributed by atoms with Crippen molar-refractivity contribution in [3.05, 3.63) is 42.2 Å². The topological polar surface area (TPSA) is 132 Å². The lowest BCUT2D eigenvalue weighted by atomic mass is 10.1. The second kappa shape index (κ2) is 11.6. The number of pyridine rings is 1. The fourth-order valence-electron chi connectivity index (χ4n) is 4.47. The molecule has 2 aromatic heterocycles. The monoisotopic (exact) mass is 572 g/mol. The molecule has 2 aliphatic heterocycles. The van der Waals surface area contributed by atoms with E-state index in [1.807, 2.05) is 32.0 Å². The Morgan fingerprint density at radius 1 is 1.21 bits per heavy atom. The van der Waals surface area contributed by atoms with Gasteiger partial charge in [-0.3, -0.25) is 9.79 Å². The van der Waals surface area contributed by atoms with Crippen LogP contribution in [0.5, 0.6) is 17.2 Å². The number of ether oxygens (including phenoxy) is 3. The number of carbonyl (C=O) groups excluding carboxylic acids is 1. The number of sulfone groups is 1. The second-order valence-corrected chi connectivity index (χ2v) is 13.3. The Balaban J connectivity index is 1.40. The number of carbonyl (C=O) groups is 1. The van der Waals surface area contributed by atoms with Crippen LogP contribution < -0.4 is 14.8 Å². The number of thioether (sulfide) groups is 1. The number of benzene rings is 1. The molecule has 1 atom stereocenters. The van der Waals surface area contributed by atoms with Crippen molar-refractivity contribution in [2.75, 3.05) is 26.0 Å². The molecule has 1 amide bonds. The van der Waals surface area contributed by atoms with E-state index in [1.54, 1.807) is 17.8 Å². The number of nitrogens with zero attached hydrogens (tertiary/aromatic N) is 2. The number of aromatic nitrogens is 2. The highest BCUT2D eigenvalue weighted by Crippen LogP contribution is 2.37. The molecule has 0 radical (unpaired) electrons. The van der Waals surface area contributed by atoms with Crippen molar-refractivity contribution < 1.29 is 27.4 Å². The molecule has 1 saturated heterocycles. The average Bonchev–Trinajstić information content (AvgIpc) is 3.51. The minimum Gasteiger partial charge on any atom is -0.488 e. The van der Waals surface area contributed by atoms with Crippen LogP contribution in [0.25, 0.3) is 10.9 Å². The number of fused-ring (bicyclic) bond motifs is 1. The number of hydrogen-bond acceptors (Lipinski definition) is 9. The molecule has 3 aromatic rings. The van der Waals surface area contributed by atoms with E-state index in [-0.39, 0.29) is 28.3 Å². The summed E-state index contributed by atoms with van der Waals surface area (Å²) in [6.45, 7) is 5.78. The largest absolute Gasteiger partial charge is 0.488 e. The van der Waals surface area contributed by atoms with Crippen molar-refractivity contribution in [1.29, 1.82) is 0 Å². The van der Waals surface area contributed by atoms with Crippen LogP contribution in [0.3, 0.4) is 0 Å². The molecular weight excluding hydrogens is 540 g/mol. The molecule has 12 heteroatoms. The van der Waals surface area contributed by atoms with Crippen LogP contribution in [0, 0.1) is 0 Å². The summed E-state index contributed by atoms with van der Waals surface area (Å²) in [5.74, 6) is 1.63. The molecule has 0 saturated carbocycles. The van der Waals surface area contributed by atoms with E-state index < -0.39 is 9.84 Å². The molecule has 4 heterocycles. The van der Waals surface area contributed by atoms with E-state index >= 15 is 0 Å². The van der Waals surface area contributed by atoms with Crippen molar-refractivity contribution in [1.82, 2.24) is 15.3 Å². The fraction of sp³-hybridized carbons (Fsp3) is 0.444. The number of aromatic amines is 1. The first-order chi connectivity index (χ1) is 18.6. The van der Waals surface area contributed by atoms with Crippen LogP contribution in [0.2, 0.25) is 0 Å². The van der Waals surface area contributed by atoms with E-state index in [0.717, 1.165) is 40.7 Å². The Hall–Kier alpha value is -3.09.